The third kappa shape index (κ3) is 3.92. The van der Waals surface area contributed by atoms with Gasteiger partial charge in [-0.25, -0.2) is 13.2 Å². The van der Waals surface area contributed by atoms with Crippen LogP contribution < -0.4 is 11.1 Å². The van der Waals surface area contributed by atoms with Crippen LogP contribution in [0.25, 0.3) is 11.1 Å². The predicted octanol–water partition coefficient (Wildman–Crippen LogP) is 0.295. The number of aromatic nitrogens is 1. The molecule has 1 aromatic carbocycles. The summed E-state index contributed by atoms with van der Waals surface area (Å²) in [6.07, 6.45) is 1.24. The first kappa shape index (κ1) is 19.6. The van der Waals surface area contributed by atoms with Gasteiger partial charge in [0.15, 0.2) is 5.58 Å². The number of aryl methyl sites for hydroxylation is 1. The predicted molar refractivity (Wildman–Crippen MR) is 97.8 cm³/mol. The molecule has 0 radical (unpaired) electrons. The quantitative estimate of drug-likeness (QED) is 0.702. The van der Waals surface area contributed by atoms with Gasteiger partial charge in [0.1, 0.15) is 0 Å². The maximum absolute atomic E-state index is 13.0. The number of nitrogens with one attached hydrogen (secondary N) is 1. The third-order valence-electron chi connectivity index (χ3n) is 4.76. The maximum Gasteiger partial charge on any atom is 0.419 e. The Bertz CT molecular complexity index is 994. The van der Waals surface area contributed by atoms with Gasteiger partial charge >= 0.3 is 5.76 Å². The van der Waals surface area contributed by atoms with Gasteiger partial charge in [-0.1, -0.05) is 0 Å². The van der Waals surface area contributed by atoms with Crippen LogP contribution in [0.3, 0.4) is 0 Å². The van der Waals surface area contributed by atoms with E-state index in [1.54, 1.807) is 20.2 Å². The number of piperidine rings is 1. The van der Waals surface area contributed by atoms with E-state index in [9.17, 15) is 18.0 Å². The summed E-state index contributed by atoms with van der Waals surface area (Å²) in [4.78, 5) is 23.9. The van der Waals surface area contributed by atoms with Crippen LogP contribution in [0.5, 0.6) is 0 Å². The van der Waals surface area contributed by atoms with Gasteiger partial charge in [-0.2, -0.15) is 4.31 Å². The van der Waals surface area contributed by atoms with Gasteiger partial charge < -0.3 is 14.5 Å². The van der Waals surface area contributed by atoms with Crippen molar-refractivity contribution in [1.29, 1.82) is 0 Å². The van der Waals surface area contributed by atoms with E-state index >= 15 is 0 Å². The molecular formula is C17H23N3O6S. The van der Waals surface area contributed by atoms with Crippen LogP contribution in [0.1, 0.15) is 12.8 Å². The lowest BCUT2D eigenvalue weighted by atomic mass is 9.99. The van der Waals surface area contributed by atoms with Gasteiger partial charge in [0.2, 0.25) is 15.9 Å². The number of methoxy groups -OCH3 is 1. The van der Waals surface area contributed by atoms with Crippen molar-refractivity contribution in [2.45, 2.75) is 17.7 Å². The molecule has 1 atom stereocenters. The molecular weight excluding hydrogens is 374 g/mol. The number of sulfonamides is 1. The highest BCUT2D eigenvalue weighted by Gasteiger charge is 2.33. The highest BCUT2D eigenvalue weighted by atomic mass is 32.2. The summed E-state index contributed by atoms with van der Waals surface area (Å²) in [6, 6.07) is 4.36. The van der Waals surface area contributed by atoms with E-state index in [-0.39, 0.29) is 22.9 Å². The van der Waals surface area contributed by atoms with Crippen molar-refractivity contribution in [3.05, 3.63) is 28.7 Å². The van der Waals surface area contributed by atoms with Gasteiger partial charge in [0.25, 0.3) is 0 Å². The Hall–Kier alpha value is -2.17. The molecule has 1 N–H and O–H groups in total. The number of ether oxygens (including phenoxy) is 1. The topological polar surface area (TPSA) is 111 Å². The first-order valence-electron chi connectivity index (χ1n) is 8.71. The van der Waals surface area contributed by atoms with Crippen molar-refractivity contribution >= 4 is 27.0 Å². The lowest BCUT2D eigenvalue weighted by molar-refractivity contribution is -0.126. The number of nitrogens with zero attached hydrogens (tertiary/aromatic N) is 2. The molecule has 0 saturated carbocycles. The molecule has 0 aliphatic carbocycles. The van der Waals surface area contributed by atoms with E-state index < -0.39 is 21.7 Å². The first-order chi connectivity index (χ1) is 12.8. The summed E-state index contributed by atoms with van der Waals surface area (Å²) >= 11 is 0. The minimum atomic E-state index is -3.79. The fourth-order valence-electron chi connectivity index (χ4n) is 3.22. The molecule has 0 bridgehead atoms. The largest absolute Gasteiger partial charge is 0.419 e. The van der Waals surface area contributed by atoms with Crippen LogP contribution in [0.15, 0.2) is 32.3 Å². The molecule has 1 aliphatic heterocycles. The Morgan fingerprint density at radius 3 is 2.93 bits per heavy atom. The molecule has 27 heavy (non-hydrogen) atoms. The van der Waals surface area contributed by atoms with Crippen LogP contribution in [0.2, 0.25) is 0 Å². The molecule has 148 valence electrons. The first-order valence-corrected chi connectivity index (χ1v) is 10.1. The van der Waals surface area contributed by atoms with Gasteiger partial charge in [-0.05, 0) is 25.0 Å². The molecule has 3 rings (SSSR count). The van der Waals surface area contributed by atoms with Gasteiger partial charge in [0.05, 0.1) is 22.9 Å². The van der Waals surface area contributed by atoms with E-state index in [1.807, 2.05) is 0 Å². The lowest BCUT2D eigenvalue weighted by Crippen LogP contribution is -2.45. The summed E-state index contributed by atoms with van der Waals surface area (Å²) < 4.78 is 38.6. The van der Waals surface area contributed by atoms with Crippen LogP contribution in [0.4, 0.5) is 0 Å². The molecule has 1 aliphatic rings. The monoisotopic (exact) mass is 397 g/mol. The summed E-state index contributed by atoms with van der Waals surface area (Å²) in [7, 11) is -0.688. The number of carbonyl (C=O) groups is 1. The number of amides is 1. The lowest BCUT2D eigenvalue weighted by Gasteiger charge is -2.31. The molecule has 10 heteroatoms. The van der Waals surface area contributed by atoms with Crippen LogP contribution >= 0.6 is 0 Å². The molecule has 1 saturated heterocycles. The standard InChI is InChI=1S/C17H23N3O6S/c1-19-14-6-5-13(10-15(14)26-17(19)22)27(23,24)20-8-3-4-12(11-20)16(21)18-7-9-25-2/h5-6,10,12H,3-4,7-9,11H2,1-2H3,(H,18,21)/t12-/m1/s1. The Balaban J connectivity index is 1.79. The van der Waals surface area contributed by atoms with E-state index in [0.717, 1.165) is 0 Å². The Labute approximate surface area is 156 Å². The van der Waals surface area contributed by atoms with E-state index in [1.165, 1.54) is 21.0 Å². The number of hydrogen-bond acceptors (Lipinski definition) is 6. The van der Waals surface area contributed by atoms with Crippen molar-refractivity contribution in [2.24, 2.45) is 13.0 Å². The highest BCUT2D eigenvalue weighted by Crippen LogP contribution is 2.26. The van der Waals surface area contributed by atoms with E-state index in [2.05, 4.69) is 5.32 Å². The molecule has 2 heterocycles. The third-order valence-corrected chi connectivity index (χ3v) is 6.62. The van der Waals surface area contributed by atoms with Crippen LogP contribution in [0, 0.1) is 5.92 Å². The smallest absolute Gasteiger partial charge is 0.408 e. The zero-order chi connectivity index (χ0) is 19.6. The average molecular weight is 397 g/mol. The Morgan fingerprint density at radius 1 is 1.41 bits per heavy atom. The molecule has 9 nitrogen and oxygen atoms in total. The summed E-state index contributed by atoms with van der Waals surface area (Å²) in [5.41, 5.74) is 0.738. The summed E-state index contributed by atoms with van der Waals surface area (Å²) in [5, 5.41) is 2.76. The number of fused-ring (bicyclic) bond motifs is 1. The average Bonchev–Trinajstić information content (AvgIpc) is 2.95. The number of benzene rings is 1. The zero-order valence-corrected chi connectivity index (χ0v) is 16.1. The van der Waals surface area contributed by atoms with Gasteiger partial charge in [-0.3, -0.25) is 9.36 Å². The maximum atomic E-state index is 13.0. The number of rotatable bonds is 6. The normalized spacial score (nSPS) is 18.7. The zero-order valence-electron chi connectivity index (χ0n) is 15.3. The molecule has 0 unspecified atom stereocenters. The fraction of sp³-hybridized carbons (Fsp3) is 0.529. The minimum Gasteiger partial charge on any atom is -0.408 e. The molecule has 1 amide bonds. The van der Waals surface area contributed by atoms with Crippen molar-refractivity contribution in [1.82, 2.24) is 14.2 Å². The van der Waals surface area contributed by atoms with Crippen molar-refractivity contribution in [2.75, 3.05) is 33.4 Å². The summed E-state index contributed by atoms with van der Waals surface area (Å²) in [5.74, 6) is -1.12. The minimum absolute atomic E-state index is 0.0461. The summed E-state index contributed by atoms with van der Waals surface area (Å²) in [6.45, 7) is 1.27. The number of hydrogen-bond donors (Lipinski definition) is 1. The highest BCUT2D eigenvalue weighted by molar-refractivity contribution is 7.89. The van der Waals surface area contributed by atoms with Gasteiger partial charge in [-0.15, -0.1) is 0 Å². The van der Waals surface area contributed by atoms with E-state index in [0.29, 0.717) is 38.1 Å². The Morgan fingerprint density at radius 2 is 2.19 bits per heavy atom. The van der Waals surface area contributed by atoms with E-state index in [4.69, 9.17) is 9.15 Å². The van der Waals surface area contributed by atoms with Crippen LogP contribution in [-0.2, 0) is 26.6 Å². The molecule has 0 spiro atoms. The van der Waals surface area contributed by atoms with Crippen LogP contribution in [-0.4, -0.2) is 56.5 Å². The molecule has 1 fully saturated rings. The Kier molecular flexibility index (Phi) is 5.68. The SMILES string of the molecule is COCCNC(=O)[C@@H]1CCCN(S(=O)(=O)c2ccc3c(c2)oc(=O)n3C)C1. The second kappa shape index (κ2) is 7.83. The fourth-order valence-corrected chi connectivity index (χ4v) is 4.76. The number of oxazole rings is 1. The van der Waals surface area contributed by atoms with Crippen molar-refractivity contribution < 1.29 is 22.4 Å². The van der Waals surface area contributed by atoms with Crippen molar-refractivity contribution in [3.8, 4) is 0 Å². The molecule has 1 aromatic heterocycles. The number of carbonyl (C=O) groups excluding carboxylic acids is 1. The second-order valence-corrected chi connectivity index (χ2v) is 8.48. The molecule has 2 aromatic rings. The van der Waals surface area contributed by atoms with Gasteiger partial charge in [0, 0.05) is 39.9 Å². The second-order valence-electron chi connectivity index (χ2n) is 6.54. The van der Waals surface area contributed by atoms with Crippen molar-refractivity contribution in [3.63, 3.8) is 0 Å².